The molecule has 0 aliphatic rings. The molecule has 0 amide bonds. The third kappa shape index (κ3) is 5.61. The summed E-state index contributed by atoms with van der Waals surface area (Å²) in [6.07, 6.45) is 0.143. The van der Waals surface area contributed by atoms with Gasteiger partial charge in [0.1, 0.15) is 6.61 Å². The van der Waals surface area contributed by atoms with Gasteiger partial charge in [0.15, 0.2) is 11.5 Å². The first kappa shape index (κ1) is 15.3. The van der Waals surface area contributed by atoms with Crippen molar-refractivity contribution in [3.8, 4) is 11.5 Å². The Labute approximate surface area is 113 Å². The zero-order chi connectivity index (χ0) is 14.3. The molecule has 0 bridgehead atoms. The highest BCUT2D eigenvalue weighted by atomic mass is 16.5. The number of nitrogens with zero attached hydrogens (tertiary/aromatic N) is 1. The molecule has 0 unspecified atom stereocenters. The summed E-state index contributed by atoms with van der Waals surface area (Å²) in [5.41, 5.74) is 1.11. The molecule has 5 heteroatoms. The van der Waals surface area contributed by atoms with Gasteiger partial charge in [-0.25, -0.2) is 0 Å². The number of aliphatic carboxylic acids is 1. The van der Waals surface area contributed by atoms with E-state index in [1.807, 2.05) is 37.1 Å². The molecule has 0 heterocycles. The van der Waals surface area contributed by atoms with Gasteiger partial charge in [-0.2, -0.15) is 0 Å². The highest BCUT2D eigenvalue weighted by Crippen LogP contribution is 2.27. The summed E-state index contributed by atoms with van der Waals surface area (Å²) < 4.78 is 10.9. The van der Waals surface area contributed by atoms with Crippen molar-refractivity contribution in [3.05, 3.63) is 23.8 Å². The largest absolute Gasteiger partial charge is 0.493 e. The molecule has 0 saturated heterocycles. The Balaban J connectivity index is 2.38. The molecule has 1 rings (SSSR count). The number of carboxylic acid groups (broad SMARTS) is 1. The van der Waals surface area contributed by atoms with Crippen LogP contribution in [0.4, 0.5) is 0 Å². The summed E-state index contributed by atoms with van der Waals surface area (Å²) in [6, 6.07) is 5.76. The number of methoxy groups -OCH3 is 1. The summed E-state index contributed by atoms with van der Waals surface area (Å²) in [5, 5.41) is 8.59. The summed E-state index contributed by atoms with van der Waals surface area (Å²) in [6.45, 7) is 3.68. The standard InChI is InChI=1S/C14H21NO4/c1-11-4-5-12(13(10-11)18-3)19-9-8-15(2)7-6-14(16)17/h4-5,10H,6-9H2,1-3H3,(H,16,17). The molecule has 0 fully saturated rings. The third-order valence-electron chi connectivity index (χ3n) is 2.76. The van der Waals surface area contributed by atoms with E-state index in [1.165, 1.54) is 0 Å². The molecule has 1 N–H and O–H groups in total. The number of hydrogen-bond acceptors (Lipinski definition) is 4. The Morgan fingerprint density at radius 1 is 1.32 bits per heavy atom. The van der Waals surface area contributed by atoms with Crippen molar-refractivity contribution in [2.24, 2.45) is 0 Å². The highest BCUT2D eigenvalue weighted by Gasteiger charge is 2.06. The molecule has 0 atom stereocenters. The predicted octanol–water partition coefficient (Wildman–Crippen LogP) is 1.79. The second kappa shape index (κ2) is 7.63. The maximum absolute atomic E-state index is 10.4. The van der Waals surface area contributed by atoms with Gasteiger partial charge in [-0.3, -0.25) is 4.79 Å². The van der Waals surface area contributed by atoms with Crippen molar-refractivity contribution in [2.45, 2.75) is 13.3 Å². The fourth-order valence-corrected chi connectivity index (χ4v) is 1.60. The number of ether oxygens (including phenoxy) is 2. The predicted molar refractivity (Wildman–Crippen MR) is 73.0 cm³/mol. The first-order chi connectivity index (χ1) is 9.02. The molecular formula is C14H21NO4. The van der Waals surface area contributed by atoms with Crippen LogP contribution >= 0.6 is 0 Å². The Hall–Kier alpha value is -1.75. The zero-order valence-electron chi connectivity index (χ0n) is 11.7. The Bertz CT molecular complexity index is 420. The van der Waals surface area contributed by atoms with Crippen LogP contribution in [0.5, 0.6) is 11.5 Å². The maximum Gasteiger partial charge on any atom is 0.304 e. The summed E-state index contributed by atoms with van der Waals surface area (Å²) >= 11 is 0. The van der Waals surface area contributed by atoms with Crippen LogP contribution in [0.25, 0.3) is 0 Å². The quantitative estimate of drug-likeness (QED) is 0.778. The van der Waals surface area contributed by atoms with Gasteiger partial charge in [0.2, 0.25) is 0 Å². The van der Waals surface area contributed by atoms with E-state index in [2.05, 4.69) is 0 Å². The Kier molecular flexibility index (Phi) is 6.15. The molecule has 0 saturated carbocycles. The van der Waals surface area contributed by atoms with Crippen LogP contribution in [0, 0.1) is 6.92 Å². The van der Waals surface area contributed by atoms with Gasteiger partial charge >= 0.3 is 5.97 Å². The normalized spacial score (nSPS) is 10.5. The first-order valence-corrected chi connectivity index (χ1v) is 6.20. The van der Waals surface area contributed by atoms with Gasteiger partial charge in [0.25, 0.3) is 0 Å². The Morgan fingerprint density at radius 2 is 2.05 bits per heavy atom. The number of likely N-dealkylation sites (N-methyl/N-ethyl adjacent to an activating group) is 1. The lowest BCUT2D eigenvalue weighted by molar-refractivity contribution is -0.137. The van der Waals surface area contributed by atoms with Gasteiger partial charge in [0.05, 0.1) is 13.5 Å². The Morgan fingerprint density at radius 3 is 2.68 bits per heavy atom. The van der Waals surface area contributed by atoms with Crippen LogP contribution in [0.2, 0.25) is 0 Å². The molecule has 19 heavy (non-hydrogen) atoms. The van der Waals surface area contributed by atoms with E-state index in [1.54, 1.807) is 7.11 Å². The molecule has 1 aromatic rings. The average molecular weight is 267 g/mol. The number of hydrogen-bond donors (Lipinski definition) is 1. The lowest BCUT2D eigenvalue weighted by Gasteiger charge is -2.17. The van der Waals surface area contributed by atoms with Crippen LogP contribution in [-0.4, -0.2) is 49.8 Å². The van der Waals surface area contributed by atoms with Crippen molar-refractivity contribution in [2.75, 3.05) is 33.9 Å². The molecule has 0 aliphatic heterocycles. The van der Waals surface area contributed by atoms with Crippen LogP contribution in [0.1, 0.15) is 12.0 Å². The van der Waals surface area contributed by atoms with Gasteiger partial charge in [-0.1, -0.05) is 6.07 Å². The summed E-state index contributed by atoms with van der Waals surface area (Å²) in [4.78, 5) is 12.4. The SMILES string of the molecule is COc1cc(C)ccc1OCCN(C)CCC(=O)O. The van der Waals surface area contributed by atoms with Crippen molar-refractivity contribution >= 4 is 5.97 Å². The van der Waals surface area contributed by atoms with E-state index in [4.69, 9.17) is 14.6 Å². The van der Waals surface area contributed by atoms with Crippen LogP contribution in [0.3, 0.4) is 0 Å². The van der Waals surface area contributed by atoms with E-state index in [-0.39, 0.29) is 6.42 Å². The number of rotatable bonds is 8. The number of carboxylic acids is 1. The lowest BCUT2D eigenvalue weighted by atomic mass is 10.2. The number of carbonyl (C=O) groups is 1. The average Bonchev–Trinajstić information content (AvgIpc) is 2.38. The maximum atomic E-state index is 10.4. The van der Waals surface area contributed by atoms with Gasteiger partial charge in [-0.05, 0) is 31.7 Å². The summed E-state index contributed by atoms with van der Waals surface area (Å²) in [5.74, 6) is 0.640. The smallest absolute Gasteiger partial charge is 0.304 e. The van der Waals surface area contributed by atoms with Crippen molar-refractivity contribution in [3.63, 3.8) is 0 Å². The highest BCUT2D eigenvalue weighted by molar-refractivity contribution is 5.66. The van der Waals surface area contributed by atoms with Crippen molar-refractivity contribution < 1.29 is 19.4 Å². The van der Waals surface area contributed by atoms with E-state index in [0.717, 1.165) is 5.56 Å². The van der Waals surface area contributed by atoms with Crippen molar-refractivity contribution in [1.82, 2.24) is 4.90 Å². The van der Waals surface area contributed by atoms with Crippen LogP contribution in [0.15, 0.2) is 18.2 Å². The minimum absolute atomic E-state index is 0.143. The lowest BCUT2D eigenvalue weighted by Crippen LogP contribution is -2.26. The van der Waals surface area contributed by atoms with Gasteiger partial charge in [-0.15, -0.1) is 0 Å². The van der Waals surface area contributed by atoms with E-state index in [0.29, 0.717) is 31.2 Å². The third-order valence-corrected chi connectivity index (χ3v) is 2.76. The molecule has 0 radical (unpaired) electrons. The van der Waals surface area contributed by atoms with E-state index >= 15 is 0 Å². The van der Waals surface area contributed by atoms with Gasteiger partial charge in [0, 0.05) is 13.1 Å². The van der Waals surface area contributed by atoms with Crippen molar-refractivity contribution in [1.29, 1.82) is 0 Å². The molecule has 106 valence electrons. The molecule has 0 spiro atoms. The second-order valence-corrected chi connectivity index (χ2v) is 4.45. The molecule has 5 nitrogen and oxygen atoms in total. The second-order valence-electron chi connectivity index (χ2n) is 4.45. The minimum Gasteiger partial charge on any atom is -0.493 e. The minimum atomic E-state index is -0.784. The monoisotopic (exact) mass is 267 g/mol. The molecule has 1 aromatic carbocycles. The molecule has 0 aliphatic carbocycles. The topological polar surface area (TPSA) is 59.0 Å². The zero-order valence-corrected chi connectivity index (χ0v) is 11.7. The summed E-state index contributed by atoms with van der Waals surface area (Å²) in [7, 11) is 3.49. The fraction of sp³-hybridized carbons (Fsp3) is 0.500. The molecular weight excluding hydrogens is 246 g/mol. The fourth-order valence-electron chi connectivity index (χ4n) is 1.60. The number of benzene rings is 1. The van der Waals surface area contributed by atoms with E-state index < -0.39 is 5.97 Å². The van der Waals surface area contributed by atoms with Gasteiger partial charge < -0.3 is 19.5 Å². The number of aryl methyl sites for hydroxylation is 1. The van der Waals surface area contributed by atoms with Crippen LogP contribution < -0.4 is 9.47 Å². The first-order valence-electron chi connectivity index (χ1n) is 6.20. The molecule has 0 aromatic heterocycles. The van der Waals surface area contributed by atoms with Crippen LogP contribution in [-0.2, 0) is 4.79 Å². The van der Waals surface area contributed by atoms with E-state index in [9.17, 15) is 4.79 Å².